The first-order chi connectivity index (χ1) is 14.9. The van der Waals surface area contributed by atoms with Crippen molar-refractivity contribution in [2.45, 2.75) is 31.8 Å². The van der Waals surface area contributed by atoms with Crippen molar-refractivity contribution in [3.05, 3.63) is 59.2 Å². The third-order valence-electron chi connectivity index (χ3n) is 7.00. The number of carbonyl (C=O) groups is 3. The summed E-state index contributed by atoms with van der Waals surface area (Å²) in [6.07, 6.45) is 2.72. The molecule has 3 aliphatic heterocycles. The Morgan fingerprint density at radius 3 is 2.55 bits per heavy atom. The summed E-state index contributed by atoms with van der Waals surface area (Å²) in [5.41, 5.74) is 2.94. The highest BCUT2D eigenvalue weighted by molar-refractivity contribution is 7.98. The highest BCUT2D eigenvalue weighted by Crippen LogP contribution is 2.54. The van der Waals surface area contributed by atoms with E-state index in [-0.39, 0.29) is 23.8 Å². The molecule has 31 heavy (non-hydrogen) atoms. The van der Waals surface area contributed by atoms with Crippen LogP contribution in [-0.4, -0.2) is 35.8 Å². The molecule has 1 spiro atoms. The number of anilines is 2. The molecule has 7 heteroatoms. The summed E-state index contributed by atoms with van der Waals surface area (Å²) in [6.45, 7) is 3.97. The van der Waals surface area contributed by atoms with Crippen LogP contribution in [0, 0.1) is 25.7 Å². The fourth-order valence-corrected chi connectivity index (χ4v) is 5.86. The fraction of sp³-hybridized carbons (Fsp3) is 0.375. The van der Waals surface area contributed by atoms with Crippen LogP contribution in [0.15, 0.2) is 42.5 Å². The van der Waals surface area contributed by atoms with Gasteiger partial charge in [0, 0.05) is 17.3 Å². The van der Waals surface area contributed by atoms with Gasteiger partial charge in [0.15, 0.2) is 0 Å². The first-order valence-corrected chi connectivity index (χ1v) is 11.9. The number of carbonyl (C=O) groups excluding carboxylic acids is 3. The predicted octanol–water partition coefficient (Wildman–Crippen LogP) is 2.98. The zero-order valence-electron chi connectivity index (χ0n) is 17.8. The maximum absolute atomic E-state index is 13.8. The van der Waals surface area contributed by atoms with Gasteiger partial charge < -0.3 is 5.32 Å². The Bertz CT molecular complexity index is 1120. The Kier molecular flexibility index (Phi) is 4.71. The number of thioether (sulfide) groups is 1. The maximum Gasteiger partial charge on any atom is 0.250 e. The summed E-state index contributed by atoms with van der Waals surface area (Å²) in [6, 6.07) is 12.8. The van der Waals surface area contributed by atoms with Crippen LogP contribution >= 0.6 is 11.8 Å². The summed E-state index contributed by atoms with van der Waals surface area (Å²) in [5.74, 6) is -1.27. The van der Waals surface area contributed by atoms with Crippen LogP contribution in [0.25, 0.3) is 0 Å². The lowest BCUT2D eigenvalue weighted by Gasteiger charge is -2.29. The van der Waals surface area contributed by atoms with E-state index in [1.54, 1.807) is 11.8 Å². The van der Waals surface area contributed by atoms with E-state index in [4.69, 9.17) is 0 Å². The van der Waals surface area contributed by atoms with Gasteiger partial charge in [-0.05, 0) is 61.6 Å². The van der Waals surface area contributed by atoms with Gasteiger partial charge >= 0.3 is 0 Å². The first-order valence-electron chi connectivity index (χ1n) is 10.5. The second-order valence-electron chi connectivity index (χ2n) is 8.62. The number of aryl methyl sites for hydroxylation is 2. The average molecular weight is 436 g/mol. The second kappa shape index (κ2) is 7.21. The van der Waals surface area contributed by atoms with Gasteiger partial charge in [0.05, 0.1) is 17.5 Å². The highest BCUT2D eigenvalue weighted by Gasteiger charge is 2.70. The third kappa shape index (κ3) is 2.72. The Hall–Kier alpha value is -2.64. The molecule has 3 amide bonds. The molecule has 160 valence electrons. The van der Waals surface area contributed by atoms with Crippen molar-refractivity contribution >= 4 is 40.9 Å². The van der Waals surface area contributed by atoms with E-state index in [2.05, 4.69) is 10.6 Å². The van der Waals surface area contributed by atoms with Crippen molar-refractivity contribution in [1.29, 1.82) is 0 Å². The van der Waals surface area contributed by atoms with Crippen molar-refractivity contribution < 1.29 is 14.4 Å². The molecule has 2 N–H and O–H groups in total. The summed E-state index contributed by atoms with van der Waals surface area (Å²) < 4.78 is 0. The monoisotopic (exact) mass is 435 g/mol. The lowest BCUT2D eigenvalue weighted by Crippen LogP contribution is -2.53. The van der Waals surface area contributed by atoms with Gasteiger partial charge in [-0.15, -0.1) is 0 Å². The molecule has 0 aliphatic carbocycles. The van der Waals surface area contributed by atoms with Crippen LogP contribution in [0.4, 0.5) is 11.4 Å². The molecule has 0 saturated carbocycles. The van der Waals surface area contributed by atoms with Crippen LogP contribution in [-0.2, 0) is 19.9 Å². The smallest absolute Gasteiger partial charge is 0.250 e. The molecular weight excluding hydrogens is 410 g/mol. The molecule has 5 rings (SSSR count). The van der Waals surface area contributed by atoms with Gasteiger partial charge in [0.2, 0.25) is 17.7 Å². The summed E-state index contributed by atoms with van der Waals surface area (Å²) in [5, 5.41) is 6.41. The minimum Gasteiger partial charge on any atom is -0.324 e. The van der Waals surface area contributed by atoms with E-state index in [0.29, 0.717) is 17.8 Å². The Morgan fingerprint density at radius 1 is 1.03 bits per heavy atom. The molecule has 0 radical (unpaired) electrons. The topological polar surface area (TPSA) is 78.5 Å². The van der Waals surface area contributed by atoms with Gasteiger partial charge in [0.1, 0.15) is 5.54 Å². The number of hydrogen-bond acceptors (Lipinski definition) is 5. The molecule has 0 aromatic heterocycles. The van der Waals surface area contributed by atoms with E-state index >= 15 is 0 Å². The minimum absolute atomic E-state index is 0.217. The minimum atomic E-state index is -1.22. The molecule has 4 atom stereocenters. The lowest BCUT2D eigenvalue weighted by atomic mass is 9.76. The molecule has 0 unspecified atom stereocenters. The van der Waals surface area contributed by atoms with Gasteiger partial charge in [-0.2, -0.15) is 11.8 Å². The zero-order chi connectivity index (χ0) is 21.9. The van der Waals surface area contributed by atoms with Crippen LogP contribution in [0.2, 0.25) is 0 Å². The number of para-hydroxylation sites is 1. The highest BCUT2D eigenvalue weighted by atomic mass is 32.2. The van der Waals surface area contributed by atoms with E-state index < -0.39 is 17.4 Å². The van der Waals surface area contributed by atoms with Crippen molar-refractivity contribution in [1.82, 2.24) is 5.32 Å². The average Bonchev–Trinajstić information content (AvgIpc) is 3.33. The molecule has 6 nitrogen and oxygen atoms in total. The summed E-state index contributed by atoms with van der Waals surface area (Å²) in [4.78, 5) is 42.1. The molecule has 3 heterocycles. The summed E-state index contributed by atoms with van der Waals surface area (Å²) >= 11 is 1.69. The number of nitrogens with one attached hydrogen (secondary N) is 2. The van der Waals surface area contributed by atoms with Crippen LogP contribution in [0.3, 0.4) is 0 Å². The standard InChI is InChI=1S/C24H25N3O3S/c1-13-8-9-15(12-14(13)2)27-21(28)19-18(10-11-31-3)26-24(20(19)22(27)29)16-6-4-5-7-17(16)25-23(24)30/h4-9,12,18-20,26H,10-11H2,1-3H3,(H,25,30)/t18-,19-,20-,24-/m0/s1. The predicted molar refractivity (Wildman–Crippen MR) is 122 cm³/mol. The Labute approximate surface area is 185 Å². The van der Waals surface area contributed by atoms with Crippen molar-refractivity contribution in [2.24, 2.45) is 11.8 Å². The van der Waals surface area contributed by atoms with E-state index in [1.807, 2.05) is 62.6 Å². The fourth-order valence-electron chi connectivity index (χ4n) is 5.37. The first kappa shape index (κ1) is 20.3. The number of benzene rings is 2. The largest absolute Gasteiger partial charge is 0.324 e. The number of imide groups is 1. The van der Waals surface area contributed by atoms with Gasteiger partial charge in [-0.1, -0.05) is 24.3 Å². The van der Waals surface area contributed by atoms with Crippen LogP contribution in [0.1, 0.15) is 23.1 Å². The molecule has 0 bridgehead atoms. The number of rotatable bonds is 4. The molecule has 2 aromatic rings. The van der Waals surface area contributed by atoms with Gasteiger partial charge in [0.25, 0.3) is 0 Å². The summed E-state index contributed by atoms with van der Waals surface area (Å²) in [7, 11) is 0. The number of amides is 3. The molecule has 2 saturated heterocycles. The molecular formula is C24H25N3O3S. The van der Waals surface area contributed by atoms with Crippen LogP contribution < -0.4 is 15.5 Å². The molecule has 3 aliphatic rings. The number of nitrogens with zero attached hydrogens (tertiary/aromatic N) is 1. The Balaban J connectivity index is 1.65. The second-order valence-corrected chi connectivity index (χ2v) is 9.61. The zero-order valence-corrected chi connectivity index (χ0v) is 18.6. The third-order valence-corrected chi connectivity index (χ3v) is 7.65. The van der Waals surface area contributed by atoms with E-state index in [1.165, 1.54) is 4.90 Å². The molecule has 2 fully saturated rings. The van der Waals surface area contributed by atoms with Gasteiger partial charge in [-0.25, -0.2) is 4.90 Å². The van der Waals surface area contributed by atoms with Crippen molar-refractivity contribution in [3.8, 4) is 0 Å². The normalized spacial score (nSPS) is 28.9. The SMILES string of the molecule is CSCC[C@@H]1N[C@]2(C(=O)Nc3ccccc32)[C@@H]2C(=O)N(c3ccc(C)c(C)c3)C(=O)[C@@H]12. The van der Waals surface area contributed by atoms with Gasteiger partial charge in [-0.3, -0.25) is 19.7 Å². The number of fused-ring (bicyclic) bond motifs is 4. The van der Waals surface area contributed by atoms with E-state index in [0.717, 1.165) is 22.4 Å². The van der Waals surface area contributed by atoms with Crippen molar-refractivity contribution in [3.63, 3.8) is 0 Å². The van der Waals surface area contributed by atoms with E-state index in [9.17, 15) is 14.4 Å². The quantitative estimate of drug-likeness (QED) is 0.722. The maximum atomic E-state index is 13.8. The Morgan fingerprint density at radius 2 is 1.81 bits per heavy atom. The number of hydrogen-bond donors (Lipinski definition) is 2. The molecule has 2 aromatic carbocycles. The van der Waals surface area contributed by atoms with Crippen molar-refractivity contribution in [2.75, 3.05) is 22.2 Å². The van der Waals surface area contributed by atoms with Crippen LogP contribution in [0.5, 0.6) is 0 Å². The lowest BCUT2D eigenvalue weighted by molar-refractivity contribution is -0.130.